The predicted molar refractivity (Wildman–Crippen MR) is 115 cm³/mol. The summed E-state index contributed by atoms with van der Waals surface area (Å²) < 4.78 is 10.8. The van der Waals surface area contributed by atoms with E-state index in [1.807, 2.05) is 54.7 Å². The smallest absolute Gasteiger partial charge is 0.206 e. The minimum Gasteiger partial charge on any atom is -0.497 e. The van der Waals surface area contributed by atoms with Crippen molar-refractivity contribution in [2.24, 2.45) is 10.1 Å². The molecule has 6 nitrogen and oxygen atoms in total. The molecule has 0 aliphatic rings. The second kappa shape index (κ2) is 6.58. The monoisotopic (exact) mass is 390 g/mol. The number of fused-ring (bicyclic) bond motifs is 6. The second-order valence-corrected chi connectivity index (χ2v) is 6.88. The first-order valence-corrected chi connectivity index (χ1v) is 9.17. The molecule has 0 aliphatic heterocycles. The fourth-order valence-electron chi connectivity index (χ4n) is 4.21. The maximum atomic E-state index is 9.28. The summed E-state index contributed by atoms with van der Waals surface area (Å²) in [5, 5.41) is 21.9. The summed E-state index contributed by atoms with van der Waals surface area (Å²) in [6, 6.07) is 15.5. The number of nitrogens with zero attached hydrogens (tertiary/aromatic N) is 4. The largest absolute Gasteiger partial charge is 0.497 e. The van der Waals surface area contributed by atoms with E-state index in [2.05, 4.69) is 15.0 Å². The molecule has 0 amide bonds. The molecule has 0 aromatic heterocycles. The van der Waals surface area contributed by atoms with E-state index >= 15 is 0 Å². The lowest BCUT2D eigenvalue weighted by Gasteiger charge is -2.00. The maximum Gasteiger partial charge on any atom is 0.206 e. The van der Waals surface area contributed by atoms with Crippen LogP contribution in [0.2, 0.25) is 0 Å². The van der Waals surface area contributed by atoms with Crippen LogP contribution in [-0.2, 0) is 0 Å². The molecule has 5 rings (SSSR count). The maximum absolute atomic E-state index is 9.28. The number of hydrogen-bond acceptors (Lipinski definition) is 5. The Bertz CT molecular complexity index is 1560. The first-order valence-electron chi connectivity index (χ1n) is 9.17. The Labute approximate surface area is 171 Å². The molecule has 0 saturated heterocycles. The topological polar surface area (TPSA) is 71.3 Å². The Balaban J connectivity index is 2.08. The zero-order valence-corrected chi connectivity index (χ0v) is 16.2. The van der Waals surface area contributed by atoms with Crippen LogP contribution in [0.25, 0.3) is 48.0 Å². The Hall–Kier alpha value is -4.42. The molecule has 142 valence electrons. The standard InChI is InChI=1S/C24H14N4O2/c1-26-28-24-16-7-5-14(30-3)9-18(16)20-10-21-19(11-22(20)24)17-8-13(29-2)4-6-15(17)23(21)27-12-25/h4-11H,2-3H3. The number of benzene rings is 3. The predicted octanol–water partition coefficient (Wildman–Crippen LogP) is 4.31. The van der Waals surface area contributed by atoms with Gasteiger partial charge in [0.1, 0.15) is 11.5 Å². The molecule has 0 fully saturated rings. The summed E-state index contributed by atoms with van der Waals surface area (Å²) in [7, 11) is 3.24. The van der Waals surface area contributed by atoms with Crippen LogP contribution in [0.1, 0.15) is 0 Å². The zero-order valence-electron chi connectivity index (χ0n) is 16.2. The quantitative estimate of drug-likeness (QED) is 0.256. The van der Waals surface area contributed by atoms with Crippen LogP contribution < -0.4 is 20.2 Å². The van der Waals surface area contributed by atoms with E-state index in [0.717, 1.165) is 54.6 Å². The molecule has 0 saturated carbocycles. The number of methoxy groups -OCH3 is 2. The van der Waals surface area contributed by atoms with E-state index in [-0.39, 0.29) is 0 Å². The van der Waals surface area contributed by atoms with Crippen molar-refractivity contribution >= 4 is 43.1 Å². The fraction of sp³-hybridized carbons (Fsp3) is 0.0833. The van der Waals surface area contributed by atoms with Gasteiger partial charge in [-0.15, -0.1) is 4.95 Å². The molecule has 0 radical (unpaired) electrons. The highest BCUT2D eigenvalue weighted by molar-refractivity contribution is 6.21. The molecule has 30 heavy (non-hydrogen) atoms. The molecule has 5 aromatic rings. The summed E-state index contributed by atoms with van der Waals surface area (Å²) in [6.45, 7) is 7.28. The average molecular weight is 390 g/mol. The van der Waals surface area contributed by atoms with Crippen molar-refractivity contribution < 1.29 is 9.47 Å². The van der Waals surface area contributed by atoms with Crippen LogP contribution in [0.4, 0.5) is 0 Å². The van der Waals surface area contributed by atoms with E-state index in [1.54, 1.807) is 14.2 Å². The molecule has 0 atom stereocenters. The van der Waals surface area contributed by atoms with Crippen LogP contribution in [0, 0.1) is 18.0 Å². The zero-order chi connectivity index (χ0) is 20.8. The number of hydrogen-bond donors (Lipinski definition) is 0. The Morgan fingerprint density at radius 1 is 0.733 bits per heavy atom. The molecule has 0 heterocycles. The molecular formula is C24H14N4O2. The summed E-state index contributed by atoms with van der Waals surface area (Å²) in [6.07, 6.45) is 1.93. The van der Waals surface area contributed by atoms with Gasteiger partial charge in [-0.25, -0.2) is 0 Å². The molecule has 6 heteroatoms. The van der Waals surface area contributed by atoms with Gasteiger partial charge in [-0.2, -0.15) is 16.8 Å². The normalized spacial score (nSPS) is 12.7. The van der Waals surface area contributed by atoms with Gasteiger partial charge in [-0.05, 0) is 70.1 Å². The summed E-state index contributed by atoms with van der Waals surface area (Å²) in [5.74, 6) is 1.45. The third-order valence-electron chi connectivity index (χ3n) is 5.52. The van der Waals surface area contributed by atoms with Crippen molar-refractivity contribution in [2.75, 3.05) is 14.2 Å². The molecule has 0 N–H and O–H groups in total. The van der Waals surface area contributed by atoms with Gasteiger partial charge in [0.25, 0.3) is 0 Å². The molecule has 5 aromatic carbocycles. The Morgan fingerprint density at radius 2 is 1.23 bits per heavy atom. The Morgan fingerprint density at radius 3 is 1.73 bits per heavy atom. The molecule has 0 unspecified atom stereocenters. The van der Waals surface area contributed by atoms with Gasteiger partial charge in [-0.1, -0.05) is 0 Å². The summed E-state index contributed by atoms with van der Waals surface area (Å²) in [5.41, 5.74) is 0. The molecular weight excluding hydrogens is 376 g/mol. The van der Waals surface area contributed by atoms with E-state index in [0.29, 0.717) is 10.7 Å². The van der Waals surface area contributed by atoms with Crippen LogP contribution in [0.3, 0.4) is 0 Å². The highest BCUT2D eigenvalue weighted by Gasteiger charge is 2.17. The van der Waals surface area contributed by atoms with Crippen LogP contribution in [0.5, 0.6) is 11.5 Å². The van der Waals surface area contributed by atoms with Crippen molar-refractivity contribution in [3.8, 4) is 17.7 Å². The lowest BCUT2D eigenvalue weighted by atomic mass is 10.1. The van der Waals surface area contributed by atoms with Gasteiger partial charge in [0.05, 0.1) is 24.7 Å². The van der Waals surface area contributed by atoms with E-state index in [4.69, 9.17) is 16.0 Å². The average Bonchev–Trinajstić information content (AvgIpc) is 3.25. The van der Waals surface area contributed by atoms with Crippen LogP contribution in [0.15, 0.2) is 58.6 Å². The Kier molecular flexibility index (Phi) is 3.87. The third kappa shape index (κ3) is 2.35. The number of rotatable bonds is 2. The van der Waals surface area contributed by atoms with Crippen LogP contribution >= 0.6 is 0 Å². The van der Waals surface area contributed by atoms with Crippen molar-refractivity contribution in [3.05, 3.63) is 70.8 Å². The third-order valence-corrected chi connectivity index (χ3v) is 5.52. The van der Waals surface area contributed by atoms with E-state index in [9.17, 15) is 5.26 Å². The van der Waals surface area contributed by atoms with Gasteiger partial charge in [0.15, 0.2) is 5.36 Å². The van der Waals surface area contributed by atoms with Crippen LogP contribution in [-0.4, -0.2) is 14.2 Å². The first kappa shape index (κ1) is 17.7. The van der Waals surface area contributed by atoms with E-state index < -0.39 is 0 Å². The number of ether oxygens (including phenoxy) is 2. The lowest BCUT2D eigenvalue weighted by Crippen LogP contribution is -1.98. The van der Waals surface area contributed by atoms with Gasteiger partial charge in [0.2, 0.25) is 6.19 Å². The lowest BCUT2D eigenvalue weighted by molar-refractivity contribution is 0.415. The van der Waals surface area contributed by atoms with Crippen molar-refractivity contribution in [2.45, 2.75) is 0 Å². The van der Waals surface area contributed by atoms with Gasteiger partial charge in [0, 0.05) is 21.5 Å². The SMILES string of the molecule is [C-]#[N+]N=c1c2ccc(OC)cc2c2cc3c(=NC#N)c4ccc(OC)cc4c3cc12. The highest BCUT2D eigenvalue weighted by atomic mass is 16.5. The summed E-state index contributed by atoms with van der Waals surface area (Å²) in [4.78, 5) is 7.40. The van der Waals surface area contributed by atoms with Gasteiger partial charge >= 0.3 is 0 Å². The van der Waals surface area contributed by atoms with Crippen molar-refractivity contribution in [1.82, 2.24) is 0 Å². The van der Waals surface area contributed by atoms with E-state index in [1.165, 1.54) is 0 Å². The summed E-state index contributed by atoms with van der Waals surface area (Å²) >= 11 is 0. The highest BCUT2D eigenvalue weighted by Crippen LogP contribution is 2.34. The molecule has 0 spiro atoms. The van der Waals surface area contributed by atoms with Crippen molar-refractivity contribution in [3.63, 3.8) is 0 Å². The minimum absolute atomic E-state index is 0.632. The minimum atomic E-state index is 0.632. The first-order chi connectivity index (χ1) is 14.7. The van der Waals surface area contributed by atoms with Gasteiger partial charge in [-0.3, -0.25) is 0 Å². The fourth-order valence-corrected chi connectivity index (χ4v) is 4.21. The van der Waals surface area contributed by atoms with Crippen molar-refractivity contribution in [1.29, 1.82) is 5.26 Å². The second-order valence-electron chi connectivity index (χ2n) is 6.88. The molecule has 0 aliphatic carbocycles. The molecule has 0 bridgehead atoms. The number of nitriles is 1. The van der Waals surface area contributed by atoms with Gasteiger partial charge < -0.3 is 9.47 Å².